The lowest BCUT2D eigenvalue weighted by Gasteiger charge is -2.30. The normalized spacial score (nSPS) is 19.5. The Bertz CT molecular complexity index is 416. The molecule has 1 fully saturated rings. The minimum atomic E-state index is 0.436. The number of benzene rings is 1. The van der Waals surface area contributed by atoms with E-state index in [9.17, 15) is 5.11 Å². The second-order valence-electron chi connectivity index (χ2n) is 6.05. The molecule has 0 radical (unpaired) electrons. The lowest BCUT2D eigenvalue weighted by Crippen LogP contribution is -2.43. The van der Waals surface area contributed by atoms with Crippen LogP contribution < -0.4 is 5.32 Å². The molecule has 1 aromatic rings. The Kier molecular flexibility index (Phi) is 5.44. The Morgan fingerprint density at radius 1 is 1.25 bits per heavy atom. The standard InChI is InChI=1S/C17H28N2O/c1-4-19(12-16-7-5-6-8-18-16)11-15-9-13(2)17(20)14(3)10-15/h9-10,16,18,20H,4-8,11-12H2,1-3H3. The Morgan fingerprint density at radius 3 is 2.50 bits per heavy atom. The molecule has 0 aromatic heterocycles. The van der Waals surface area contributed by atoms with Gasteiger partial charge in [-0.3, -0.25) is 4.90 Å². The van der Waals surface area contributed by atoms with Crippen molar-refractivity contribution >= 4 is 0 Å². The van der Waals surface area contributed by atoms with Crippen molar-refractivity contribution < 1.29 is 5.11 Å². The smallest absolute Gasteiger partial charge is 0.121 e. The van der Waals surface area contributed by atoms with Gasteiger partial charge in [-0.25, -0.2) is 0 Å². The van der Waals surface area contributed by atoms with Crippen molar-refractivity contribution in [1.29, 1.82) is 0 Å². The molecule has 2 rings (SSSR count). The van der Waals surface area contributed by atoms with Gasteiger partial charge in [0, 0.05) is 19.1 Å². The van der Waals surface area contributed by atoms with E-state index in [0.29, 0.717) is 11.8 Å². The van der Waals surface area contributed by atoms with Gasteiger partial charge in [-0.2, -0.15) is 0 Å². The maximum Gasteiger partial charge on any atom is 0.121 e. The molecule has 1 saturated heterocycles. The fourth-order valence-electron chi connectivity index (χ4n) is 3.09. The SMILES string of the molecule is CCN(Cc1cc(C)c(O)c(C)c1)CC1CCCCN1. The van der Waals surface area contributed by atoms with Crippen molar-refractivity contribution in [1.82, 2.24) is 10.2 Å². The number of piperidine rings is 1. The maximum absolute atomic E-state index is 9.86. The molecule has 1 atom stereocenters. The third-order valence-electron chi connectivity index (χ3n) is 4.30. The molecular weight excluding hydrogens is 248 g/mol. The largest absolute Gasteiger partial charge is 0.507 e. The minimum Gasteiger partial charge on any atom is -0.507 e. The number of phenols is 1. The van der Waals surface area contributed by atoms with Gasteiger partial charge in [-0.15, -0.1) is 0 Å². The summed E-state index contributed by atoms with van der Waals surface area (Å²) in [5.74, 6) is 0.436. The molecule has 0 bridgehead atoms. The van der Waals surface area contributed by atoms with Crippen LogP contribution in [0.2, 0.25) is 0 Å². The van der Waals surface area contributed by atoms with E-state index in [-0.39, 0.29) is 0 Å². The summed E-state index contributed by atoms with van der Waals surface area (Å²) >= 11 is 0. The van der Waals surface area contributed by atoms with Crippen LogP contribution in [0.5, 0.6) is 5.75 Å². The minimum absolute atomic E-state index is 0.436. The van der Waals surface area contributed by atoms with E-state index in [1.54, 1.807) is 0 Å². The molecule has 3 nitrogen and oxygen atoms in total. The topological polar surface area (TPSA) is 35.5 Å². The van der Waals surface area contributed by atoms with Crippen LogP contribution in [0, 0.1) is 13.8 Å². The van der Waals surface area contributed by atoms with E-state index in [4.69, 9.17) is 0 Å². The number of nitrogens with zero attached hydrogens (tertiary/aromatic N) is 1. The number of hydrogen-bond donors (Lipinski definition) is 2. The summed E-state index contributed by atoms with van der Waals surface area (Å²) in [5, 5.41) is 13.5. The van der Waals surface area contributed by atoms with Gasteiger partial charge in [-0.1, -0.05) is 25.5 Å². The predicted octanol–water partition coefficient (Wildman–Crippen LogP) is 2.97. The fourth-order valence-corrected chi connectivity index (χ4v) is 3.09. The van der Waals surface area contributed by atoms with Crippen molar-refractivity contribution in [2.75, 3.05) is 19.6 Å². The highest BCUT2D eigenvalue weighted by Gasteiger charge is 2.16. The van der Waals surface area contributed by atoms with Gasteiger partial charge in [0.25, 0.3) is 0 Å². The number of phenolic OH excluding ortho intramolecular Hbond substituents is 1. The van der Waals surface area contributed by atoms with Gasteiger partial charge in [0.2, 0.25) is 0 Å². The molecule has 0 spiro atoms. The molecule has 1 aromatic carbocycles. The monoisotopic (exact) mass is 276 g/mol. The summed E-state index contributed by atoms with van der Waals surface area (Å²) in [7, 11) is 0. The Balaban J connectivity index is 1.98. The second-order valence-corrected chi connectivity index (χ2v) is 6.05. The van der Waals surface area contributed by atoms with Crippen LogP contribution in [-0.4, -0.2) is 35.7 Å². The summed E-state index contributed by atoms with van der Waals surface area (Å²) in [5.41, 5.74) is 3.26. The van der Waals surface area contributed by atoms with Gasteiger partial charge in [0.15, 0.2) is 0 Å². The Morgan fingerprint density at radius 2 is 1.95 bits per heavy atom. The van der Waals surface area contributed by atoms with Crippen LogP contribution in [-0.2, 0) is 6.54 Å². The van der Waals surface area contributed by atoms with E-state index in [1.165, 1.54) is 31.4 Å². The van der Waals surface area contributed by atoms with Crippen LogP contribution in [0.3, 0.4) is 0 Å². The number of aromatic hydroxyl groups is 1. The summed E-state index contributed by atoms with van der Waals surface area (Å²) in [6.45, 7) is 10.5. The van der Waals surface area contributed by atoms with Gasteiger partial charge in [0.05, 0.1) is 0 Å². The van der Waals surface area contributed by atoms with Crippen molar-refractivity contribution in [3.63, 3.8) is 0 Å². The van der Waals surface area contributed by atoms with Crippen molar-refractivity contribution in [3.05, 3.63) is 28.8 Å². The van der Waals surface area contributed by atoms with E-state index < -0.39 is 0 Å². The molecule has 3 heteroatoms. The number of nitrogens with one attached hydrogen (secondary N) is 1. The fraction of sp³-hybridized carbons (Fsp3) is 0.647. The lowest BCUT2D eigenvalue weighted by atomic mass is 10.0. The number of hydrogen-bond acceptors (Lipinski definition) is 3. The zero-order valence-electron chi connectivity index (χ0n) is 13.1. The predicted molar refractivity (Wildman–Crippen MR) is 84.2 cm³/mol. The summed E-state index contributed by atoms with van der Waals surface area (Å²) in [4.78, 5) is 2.49. The van der Waals surface area contributed by atoms with Crippen molar-refractivity contribution in [2.45, 2.75) is 52.6 Å². The van der Waals surface area contributed by atoms with Crippen LogP contribution in [0.4, 0.5) is 0 Å². The number of aryl methyl sites for hydroxylation is 2. The average Bonchev–Trinajstić information content (AvgIpc) is 2.45. The second kappa shape index (κ2) is 7.09. The van der Waals surface area contributed by atoms with Gasteiger partial charge in [-0.05, 0) is 56.5 Å². The molecule has 20 heavy (non-hydrogen) atoms. The van der Waals surface area contributed by atoms with Crippen LogP contribution in [0.25, 0.3) is 0 Å². The van der Waals surface area contributed by atoms with Crippen LogP contribution in [0.15, 0.2) is 12.1 Å². The van der Waals surface area contributed by atoms with E-state index in [1.807, 2.05) is 13.8 Å². The highest BCUT2D eigenvalue weighted by atomic mass is 16.3. The summed E-state index contributed by atoms with van der Waals surface area (Å²) in [6.07, 6.45) is 3.97. The molecule has 0 amide bonds. The van der Waals surface area contributed by atoms with Gasteiger partial charge < -0.3 is 10.4 Å². The first-order chi connectivity index (χ1) is 9.60. The zero-order valence-corrected chi connectivity index (χ0v) is 13.1. The van der Waals surface area contributed by atoms with Crippen LogP contribution in [0.1, 0.15) is 42.9 Å². The maximum atomic E-state index is 9.86. The average molecular weight is 276 g/mol. The first-order valence-electron chi connectivity index (χ1n) is 7.85. The summed E-state index contributed by atoms with van der Waals surface area (Å²) < 4.78 is 0. The molecule has 2 N–H and O–H groups in total. The lowest BCUT2D eigenvalue weighted by molar-refractivity contribution is 0.226. The van der Waals surface area contributed by atoms with Crippen LogP contribution >= 0.6 is 0 Å². The summed E-state index contributed by atoms with van der Waals surface area (Å²) in [6, 6.07) is 4.86. The highest BCUT2D eigenvalue weighted by molar-refractivity contribution is 5.42. The molecule has 1 aliphatic heterocycles. The molecule has 0 saturated carbocycles. The van der Waals surface area contributed by atoms with Crippen molar-refractivity contribution in [3.8, 4) is 5.75 Å². The zero-order chi connectivity index (χ0) is 14.5. The molecule has 0 aliphatic carbocycles. The van der Waals surface area contributed by atoms with E-state index in [2.05, 4.69) is 29.3 Å². The molecular formula is C17H28N2O. The Hall–Kier alpha value is -1.06. The number of likely N-dealkylation sites (N-methyl/N-ethyl adjacent to an activating group) is 1. The molecule has 1 unspecified atom stereocenters. The van der Waals surface area contributed by atoms with E-state index >= 15 is 0 Å². The highest BCUT2D eigenvalue weighted by Crippen LogP contribution is 2.23. The number of rotatable bonds is 5. The quantitative estimate of drug-likeness (QED) is 0.868. The van der Waals surface area contributed by atoms with Crippen molar-refractivity contribution in [2.24, 2.45) is 0 Å². The first-order valence-corrected chi connectivity index (χ1v) is 7.85. The molecule has 1 heterocycles. The first kappa shape index (κ1) is 15.3. The third kappa shape index (κ3) is 3.97. The van der Waals surface area contributed by atoms with E-state index in [0.717, 1.165) is 30.8 Å². The molecule has 112 valence electrons. The third-order valence-corrected chi connectivity index (χ3v) is 4.30. The Labute approximate surface area is 123 Å². The van der Waals surface area contributed by atoms with Gasteiger partial charge in [0.1, 0.15) is 5.75 Å². The van der Waals surface area contributed by atoms with Gasteiger partial charge >= 0.3 is 0 Å². The molecule has 1 aliphatic rings.